The van der Waals surface area contributed by atoms with Crippen molar-refractivity contribution >= 4 is 23.1 Å². The van der Waals surface area contributed by atoms with E-state index in [1.807, 2.05) is 44.2 Å². The predicted molar refractivity (Wildman–Crippen MR) is 155 cm³/mol. The van der Waals surface area contributed by atoms with Gasteiger partial charge >= 0.3 is 0 Å². The third-order valence-electron chi connectivity index (χ3n) is 6.92. The van der Waals surface area contributed by atoms with Crippen LogP contribution in [0.3, 0.4) is 0 Å². The average molecular weight is 528 g/mol. The predicted octanol–water partition coefficient (Wildman–Crippen LogP) is 6.97. The molecule has 4 rings (SSSR count). The number of ketones is 1. The maximum atomic E-state index is 13.6. The number of aliphatic hydroxyl groups excluding tert-OH is 1. The van der Waals surface area contributed by atoms with Gasteiger partial charge in [0, 0.05) is 16.8 Å². The Morgan fingerprint density at radius 1 is 0.974 bits per heavy atom. The molecule has 1 unspecified atom stereocenters. The van der Waals surface area contributed by atoms with Crippen molar-refractivity contribution in [2.75, 3.05) is 12.0 Å². The lowest BCUT2D eigenvalue weighted by molar-refractivity contribution is -0.132. The number of benzene rings is 3. The molecule has 1 heterocycles. The summed E-state index contributed by atoms with van der Waals surface area (Å²) in [5, 5.41) is 11.6. The number of hydrogen-bond donors (Lipinski definition) is 1. The Morgan fingerprint density at radius 2 is 1.62 bits per heavy atom. The van der Waals surface area contributed by atoms with Gasteiger partial charge in [0.05, 0.1) is 24.8 Å². The lowest BCUT2D eigenvalue weighted by Gasteiger charge is -2.26. The van der Waals surface area contributed by atoms with Crippen molar-refractivity contribution in [2.24, 2.45) is 0 Å². The van der Waals surface area contributed by atoms with Crippen LogP contribution in [0.4, 0.5) is 5.69 Å². The molecule has 0 spiro atoms. The van der Waals surface area contributed by atoms with E-state index < -0.39 is 17.7 Å². The molecule has 1 aliphatic heterocycles. The van der Waals surface area contributed by atoms with E-state index >= 15 is 0 Å². The summed E-state index contributed by atoms with van der Waals surface area (Å²) in [6.07, 6.45) is 0.865. The Labute approximate surface area is 230 Å². The number of ether oxygens (including phenoxy) is 2. The molecule has 3 aromatic carbocycles. The number of carbonyl (C=O) groups excluding carboxylic acids is 2. The molecular formula is C33H37NO5. The Balaban J connectivity index is 1.90. The highest BCUT2D eigenvalue weighted by molar-refractivity contribution is 6.51. The van der Waals surface area contributed by atoms with E-state index in [0.717, 1.165) is 23.1 Å². The van der Waals surface area contributed by atoms with Crippen molar-refractivity contribution in [2.45, 2.75) is 65.5 Å². The first kappa shape index (κ1) is 28.0. The fraction of sp³-hybridized carbons (Fsp3) is 0.333. The molecule has 204 valence electrons. The lowest BCUT2D eigenvalue weighted by atomic mass is 9.84. The van der Waals surface area contributed by atoms with Crippen LogP contribution in [0.5, 0.6) is 11.5 Å². The van der Waals surface area contributed by atoms with E-state index in [4.69, 9.17) is 9.47 Å². The minimum Gasteiger partial charge on any atom is -0.507 e. The van der Waals surface area contributed by atoms with Gasteiger partial charge in [0.1, 0.15) is 17.3 Å². The Morgan fingerprint density at radius 3 is 2.15 bits per heavy atom. The quantitative estimate of drug-likeness (QED) is 0.204. The molecule has 1 fully saturated rings. The van der Waals surface area contributed by atoms with Crippen LogP contribution >= 0.6 is 0 Å². The number of aryl methyl sites for hydroxylation is 1. The summed E-state index contributed by atoms with van der Waals surface area (Å²) in [6, 6.07) is 19.4. The van der Waals surface area contributed by atoms with Crippen molar-refractivity contribution < 1.29 is 24.2 Å². The standard InChI is InChI=1S/C33H37NO5/c1-8-21-9-11-22(12-10-21)29-28(30(35)23-13-18-27(38-7)26(19-23)33(4,5)6)31(36)32(37)34(29)24-14-16-25(17-15-24)39-20(2)3/h9-20,29,35H,8H2,1-7H3/b30-28-. The Kier molecular flexibility index (Phi) is 7.86. The molecule has 1 N–H and O–H groups in total. The number of amides is 1. The molecule has 39 heavy (non-hydrogen) atoms. The van der Waals surface area contributed by atoms with Crippen LogP contribution in [0, 0.1) is 0 Å². The Bertz CT molecular complexity index is 1400. The van der Waals surface area contributed by atoms with Gasteiger partial charge in [0.2, 0.25) is 0 Å². The van der Waals surface area contributed by atoms with E-state index in [2.05, 4.69) is 27.7 Å². The van der Waals surface area contributed by atoms with Gasteiger partial charge in [0.25, 0.3) is 11.7 Å². The second-order valence-corrected chi connectivity index (χ2v) is 11.1. The van der Waals surface area contributed by atoms with E-state index in [1.54, 1.807) is 43.5 Å². The van der Waals surface area contributed by atoms with Gasteiger partial charge < -0.3 is 14.6 Å². The number of carbonyl (C=O) groups is 2. The molecule has 0 saturated carbocycles. The number of Topliss-reactive ketones (excluding diaryl/α,β-unsaturated/α-hetero) is 1. The molecule has 1 saturated heterocycles. The first-order valence-electron chi connectivity index (χ1n) is 13.3. The highest BCUT2D eigenvalue weighted by Gasteiger charge is 2.47. The normalized spacial score (nSPS) is 17.1. The number of nitrogens with zero attached hydrogens (tertiary/aromatic N) is 1. The second kappa shape index (κ2) is 11.0. The molecule has 1 amide bonds. The highest BCUT2D eigenvalue weighted by Crippen LogP contribution is 2.43. The fourth-order valence-corrected chi connectivity index (χ4v) is 4.90. The molecule has 0 aliphatic carbocycles. The van der Waals surface area contributed by atoms with Crippen LogP contribution in [0.2, 0.25) is 0 Å². The SMILES string of the molecule is CCc1ccc(C2/C(=C(/O)c3ccc(OC)c(C(C)(C)C)c3)C(=O)C(=O)N2c2ccc(OC(C)C)cc2)cc1. The van der Waals surface area contributed by atoms with Crippen LogP contribution in [-0.4, -0.2) is 30.0 Å². The molecule has 0 radical (unpaired) electrons. The molecule has 1 atom stereocenters. The summed E-state index contributed by atoms with van der Waals surface area (Å²) in [6.45, 7) is 12.1. The first-order chi connectivity index (χ1) is 18.5. The number of hydrogen-bond acceptors (Lipinski definition) is 5. The van der Waals surface area contributed by atoms with E-state index in [1.165, 1.54) is 4.90 Å². The zero-order valence-electron chi connectivity index (χ0n) is 23.7. The maximum absolute atomic E-state index is 13.6. The third-order valence-corrected chi connectivity index (χ3v) is 6.92. The lowest BCUT2D eigenvalue weighted by Crippen LogP contribution is -2.29. The van der Waals surface area contributed by atoms with Crippen molar-refractivity contribution in [1.29, 1.82) is 0 Å². The highest BCUT2D eigenvalue weighted by atomic mass is 16.5. The molecule has 1 aliphatic rings. The van der Waals surface area contributed by atoms with Crippen LogP contribution in [0.15, 0.2) is 72.3 Å². The van der Waals surface area contributed by atoms with Gasteiger partial charge in [-0.15, -0.1) is 0 Å². The van der Waals surface area contributed by atoms with Gasteiger partial charge in [-0.25, -0.2) is 0 Å². The third kappa shape index (κ3) is 5.56. The minimum atomic E-state index is -0.798. The van der Waals surface area contributed by atoms with Gasteiger partial charge in [-0.3, -0.25) is 14.5 Å². The largest absolute Gasteiger partial charge is 0.507 e. The number of methoxy groups -OCH3 is 1. The van der Waals surface area contributed by atoms with Crippen LogP contribution in [0.25, 0.3) is 5.76 Å². The van der Waals surface area contributed by atoms with Gasteiger partial charge in [-0.1, -0.05) is 52.0 Å². The van der Waals surface area contributed by atoms with E-state index in [0.29, 0.717) is 22.7 Å². The first-order valence-corrected chi connectivity index (χ1v) is 13.3. The van der Waals surface area contributed by atoms with Crippen molar-refractivity contribution in [1.82, 2.24) is 0 Å². The van der Waals surface area contributed by atoms with Crippen LogP contribution in [0.1, 0.15) is 69.8 Å². The summed E-state index contributed by atoms with van der Waals surface area (Å²) in [4.78, 5) is 28.6. The van der Waals surface area contributed by atoms with Gasteiger partial charge in [0.15, 0.2) is 0 Å². The van der Waals surface area contributed by atoms with Crippen LogP contribution in [-0.2, 0) is 21.4 Å². The minimum absolute atomic E-state index is 0.00430. The molecule has 6 heteroatoms. The van der Waals surface area contributed by atoms with Crippen LogP contribution < -0.4 is 14.4 Å². The van der Waals surface area contributed by atoms with E-state index in [9.17, 15) is 14.7 Å². The molecular weight excluding hydrogens is 490 g/mol. The second-order valence-electron chi connectivity index (χ2n) is 11.1. The average Bonchev–Trinajstić information content (AvgIpc) is 3.17. The Hall–Kier alpha value is -4.06. The van der Waals surface area contributed by atoms with Gasteiger partial charge in [-0.2, -0.15) is 0 Å². The number of rotatable bonds is 7. The topological polar surface area (TPSA) is 76.1 Å². The van der Waals surface area contributed by atoms with Crippen molar-refractivity contribution in [3.63, 3.8) is 0 Å². The molecule has 0 bridgehead atoms. The number of aliphatic hydroxyl groups is 1. The molecule has 3 aromatic rings. The fourth-order valence-electron chi connectivity index (χ4n) is 4.90. The van der Waals surface area contributed by atoms with Crippen molar-refractivity contribution in [3.05, 3.63) is 94.6 Å². The summed E-state index contributed by atoms with van der Waals surface area (Å²) in [7, 11) is 1.60. The summed E-state index contributed by atoms with van der Waals surface area (Å²) >= 11 is 0. The maximum Gasteiger partial charge on any atom is 0.300 e. The number of anilines is 1. The molecule has 0 aromatic heterocycles. The zero-order chi connectivity index (χ0) is 28.5. The summed E-state index contributed by atoms with van der Waals surface area (Å²) < 4.78 is 11.3. The van der Waals surface area contributed by atoms with Gasteiger partial charge in [-0.05, 0) is 79.3 Å². The summed E-state index contributed by atoms with van der Waals surface area (Å²) in [5.74, 6) is -0.277. The van der Waals surface area contributed by atoms with Crippen molar-refractivity contribution in [3.8, 4) is 11.5 Å². The smallest absolute Gasteiger partial charge is 0.300 e. The van der Waals surface area contributed by atoms with E-state index in [-0.39, 0.29) is 22.9 Å². The zero-order valence-corrected chi connectivity index (χ0v) is 23.7. The molecule has 6 nitrogen and oxygen atoms in total. The summed E-state index contributed by atoms with van der Waals surface area (Å²) in [5.41, 5.74) is 3.53. The monoisotopic (exact) mass is 527 g/mol.